The fraction of sp³-hybridized carbons (Fsp3) is 0.333. The van der Waals surface area contributed by atoms with Gasteiger partial charge in [0.15, 0.2) is 0 Å². The van der Waals surface area contributed by atoms with Gasteiger partial charge in [0.25, 0.3) is 5.91 Å². The molecular formula is C6H5Br2N3O. The normalized spacial score (nSPS) is 17.4. The molecule has 1 aliphatic heterocycles. The number of carbonyl (C=O) groups excluding carboxylic acids is 1. The molecule has 0 aromatic carbocycles. The summed E-state index contributed by atoms with van der Waals surface area (Å²) >= 11 is 6.40. The molecule has 0 aliphatic carbocycles. The molecule has 0 aromatic rings. The molecule has 0 fully saturated rings. The summed E-state index contributed by atoms with van der Waals surface area (Å²) in [6, 6.07) is 1.92. The van der Waals surface area contributed by atoms with E-state index >= 15 is 0 Å². The largest absolute Gasteiger partial charge is 0.334 e. The molecule has 0 bridgehead atoms. The van der Waals surface area contributed by atoms with Gasteiger partial charge in [0, 0.05) is 0 Å². The van der Waals surface area contributed by atoms with E-state index < -0.39 is 0 Å². The van der Waals surface area contributed by atoms with E-state index in [2.05, 4.69) is 37.4 Å². The van der Waals surface area contributed by atoms with Crippen LogP contribution in [0, 0.1) is 11.3 Å². The first-order chi connectivity index (χ1) is 5.66. The predicted octanol–water partition coefficient (Wildman–Crippen LogP) is 1.21. The third kappa shape index (κ3) is 1.79. The van der Waals surface area contributed by atoms with Crippen LogP contribution in [0.5, 0.6) is 0 Å². The Morgan fingerprint density at radius 2 is 2.42 bits per heavy atom. The Hall–Kier alpha value is -0.540. The van der Waals surface area contributed by atoms with Crippen molar-refractivity contribution < 1.29 is 4.79 Å². The first-order valence-corrected chi connectivity index (χ1v) is 4.64. The van der Waals surface area contributed by atoms with Crippen molar-refractivity contribution in [3.8, 4) is 6.07 Å². The molecule has 1 rings (SSSR count). The molecule has 0 aromatic heterocycles. The fourth-order valence-electron chi connectivity index (χ4n) is 0.790. The van der Waals surface area contributed by atoms with Crippen molar-refractivity contribution in [2.24, 2.45) is 0 Å². The van der Waals surface area contributed by atoms with E-state index in [1.54, 1.807) is 3.93 Å². The van der Waals surface area contributed by atoms with Gasteiger partial charge < -0.3 is 5.32 Å². The van der Waals surface area contributed by atoms with Crippen LogP contribution >= 0.6 is 32.1 Å². The van der Waals surface area contributed by atoms with Crippen LogP contribution in [0.2, 0.25) is 0 Å². The Kier molecular flexibility index (Phi) is 3.12. The van der Waals surface area contributed by atoms with Crippen molar-refractivity contribution >= 4 is 38.0 Å². The smallest absolute Gasteiger partial charge is 0.252 e. The van der Waals surface area contributed by atoms with Crippen molar-refractivity contribution in [3.05, 3.63) is 10.2 Å². The summed E-state index contributed by atoms with van der Waals surface area (Å²) in [6.45, 7) is 0.397. The molecule has 64 valence electrons. The van der Waals surface area contributed by atoms with Crippen LogP contribution in [-0.2, 0) is 4.79 Å². The number of halogens is 2. The highest BCUT2D eigenvalue weighted by Crippen LogP contribution is 2.25. The van der Waals surface area contributed by atoms with Crippen LogP contribution in [0.25, 0.3) is 0 Å². The number of amides is 1. The minimum absolute atomic E-state index is 0.106. The highest BCUT2D eigenvalue weighted by Gasteiger charge is 2.22. The fourth-order valence-corrected chi connectivity index (χ4v) is 1.57. The van der Waals surface area contributed by atoms with Crippen molar-refractivity contribution in [3.63, 3.8) is 0 Å². The van der Waals surface area contributed by atoms with Gasteiger partial charge in [0.2, 0.25) is 0 Å². The van der Waals surface area contributed by atoms with Gasteiger partial charge in [-0.15, -0.1) is 0 Å². The summed E-state index contributed by atoms with van der Waals surface area (Å²) in [5.41, 5.74) is 0.445. The lowest BCUT2D eigenvalue weighted by Gasteiger charge is -2.23. The van der Waals surface area contributed by atoms with Gasteiger partial charge in [0.1, 0.15) is 11.3 Å². The van der Waals surface area contributed by atoms with Crippen molar-refractivity contribution in [2.45, 2.75) is 6.42 Å². The molecule has 0 saturated carbocycles. The molecule has 12 heavy (non-hydrogen) atoms. The summed E-state index contributed by atoms with van der Waals surface area (Å²) in [5.74, 6) is -0.195. The molecule has 0 saturated heterocycles. The maximum absolute atomic E-state index is 11.1. The van der Waals surface area contributed by atoms with Gasteiger partial charge in [-0.3, -0.25) is 8.72 Å². The van der Waals surface area contributed by atoms with Gasteiger partial charge in [-0.05, 0) is 15.9 Å². The first kappa shape index (κ1) is 9.55. The van der Waals surface area contributed by atoms with Crippen LogP contribution in [-0.4, -0.2) is 16.5 Å². The van der Waals surface area contributed by atoms with E-state index in [0.29, 0.717) is 16.8 Å². The zero-order valence-electron chi connectivity index (χ0n) is 5.97. The highest BCUT2D eigenvalue weighted by atomic mass is 79.9. The van der Waals surface area contributed by atoms with Gasteiger partial charge in [0.05, 0.1) is 34.2 Å². The van der Waals surface area contributed by atoms with Crippen molar-refractivity contribution in [2.75, 3.05) is 6.67 Å². The van der Waals surface area contributed by atoms with Crippen molar-refractivity contribution in [1.29, 1.82) is 5.26 Å². The van der Waals surface area contributed by atoms with E-state index in [-0.39, 0.29) is 12.3 Å². The number of nitrogens with zero attached hydrogens (tertiary/aromatic N) is 2. The topological polar surface area (TPSA) is 56.1 Å². The maximum Gasteiger partial charge on any atom is 0.252 e. The molecule has 1 aliphatic rings. The molecule has 6 heteroatoms. The maximum atomic E-state index is 11.1. The molecule has 1 amide bonds. The minimum atomic E-state index is -0.195. The third-order valence-corrected chi connectivity index (χ3v) is 3.36. The third-order valence-electron chi connectivity index (χ3n) is 1.37. The van der Waals surface area contributed by atoms with Gasteiger partial charge in [-0.25, -0.2) is 0 Å². The summed E-state index contributed by atoms with van der Waals surface area (Å²) in [6.07, 6.45) is 0.106. The Labute approximate surface area is 86.7 Å². The van der Waals surface area contributed by atoms with E-state index in [9.17, 15) is 4.79 Å². The molecule has 0 spiro atoms. The number of hydrogen-bond acceptors (Lipinski definition) is 3. The van der Waals surface area contributed by atoms with E-state index in [1.165, 1.54) is 0 Å². The number of rotatable bonds is 1. The number of carbonyl (C=O) groups is 1. The molecule has 4 nitrogen and oxygen atoms in total. The molecule has 0 unspecified atom stereocenters. The minimum Gasteiger partial charge on any atom is -0.334 e. The quantitative estimate of drug-likeness (QED) is 0.584. The zero-order valence-corrected chi connectivity index (χ0v) is 9.14. The first-order valence-electron chi connectivity index (χ1n) is 3.14. The number of hydrogen-bond donors (Lipinski definition) is 1. The van der Waals surface area contributed by atoms with Crippen LogP contribution in [0.3, 0.4) is 0 Å². The Morgan fingerprint density at radius 3 is 3.00 bits per heavy atom. The van der Waals surface area contributed by atoms with Crippen molar-refractivity contribution in [1.82, 2.24) is 9.24 Å². The highest BCUT2D eigenvalue weighted by molar-refractivity contribution is 9.13. The molecule has 1 N–H and O–H groups in total. The van der Waals surface area contributed by atoms with E-state index in [4.69, 9.17) is 5.26 Å². The summed E-state index contributed by atoms with van der Waals surface area (Å²) in [5, 5.41) is 11.0. The lowest BCUT2D eigenvalue weighted by Crippen LogP contribution is -2.38. The lowest BCUT2D eigenvalue weighted by molar-refractivity contribution is -0.118. The molecule has 1 heterocycles. The lowest BCUT2D eigenvalue weighted by atomic mass is 10.2. The summed E-state index contributed by atoms with van der Waals surface area (Å²) in [4.78, 5) is 11.1. The van der Waals surface area contributed by atoms with Crippen LogP contribution in [0.15, 0.2) is 10.2 Å². The second-order valence-electron chi connectivity index (χ2n) is 2.13. The van der Waals surface area contributed by atoms with Gasteiger partial charge in [-0.1, -0.05) is 0 Å². The Balaban J connectivity index is 2.95. The van der Waals surface area contributed by atoms with Gasteiger partial charge in [-0.2, -0.15) is 5.26 Å². The van der Waals surface area contributed by atoms with E-state index in [0.717, 1.165) is 0 Å². The summed E-state index contributed by atoms with van der Waals surface area (Å²) in [7, 11) is 0. The van der Waals surface area contributed by atoms with Crippen LogP contribution < -0.4 is 5.32 Å². The molecule has 0 atom stereocenters. The predicted molar refractivity (Wildman–Crippen MR) is 50.0 cm³/mol. The number of nitriles is 1. The average Bonchev–Trinajstić information content (AvgIpc) is 2.06. The zero-order chi connectivity index (χ0) is 9.14. The van der Waals surface area contributed by atoms with E-state index in [1.807, 2.05) is 6.07 Å². The Bertz CT molecular complexity index is 281. The second kappa shape index (κ2) is 3.92. The standard InChI is InChI=1S/C6H5Br2N3O/c7-5-4(1-2-9)6(12)10-3-11(5)8/h1,3H2,(H,10,12). The SMILES string of the molecule is N#CCC1=C(Br)N(Br)CNC1=O. The monoisotopic (exact) mass is 293 g/mol. The summed E-state index contributed by atoms with van der Waals surface area (Å²) < 4.78 is 2.26. The molecule has 0 radical (unpaired) electrons. The van der Waals surface area contributed by atoms with Crippen LogP contribution in [0.4, 0.5) is 0 Å². The van der Waals surface area contributed by atoms with Crippen LogP contribution in [0.1, 0.15) is 6.42 Å². The second-order valence-corrected chi connectivity index (χ2v) is 3.74. The molecular weight excluding hydrogens is 290 g/mol. The van der Waals surface area contributed by atoms with Gasteiger partial charge >= 0.3 is 0 Å². The number of nitrogens with one attached hydrogen (secondary N) is 1. The average molecular weight is 295 g/mol. The Morgan fingerprint density at radius 1 is 1.75 bits per heavy atom.